The maximum absolute atomic E-state index is 10.5. The molecular formula is C13H10N2O3. The highest BCUT2D eigenvalue weighted by molar-refractivity contribution is 5.49. The van der Waals surface area contributed by atoms with Crippen molar-refractivity contribution in [2.45, 2.75) is 6.23 Å². The van der Waals surface area contributed by atoms with Crippen LogP contribution in [0.15, 0.2) is 54.6 Å². The summed E-state index contributed by atoms with van der Waals surface area (Å²) in [7, 11) is 0. The number of nitro benzene ring substituents is 1. The summed E-state index contributed by atoms with van der Waals surface area (Å²) in [6.07, 6.45) is -0.145. The zero-order valence-corrected chi connectivity index (χ0v) is 9.39. The molecule has 0 radical (unpaired) electrons. The van der Waals surface area contributed by atoms with Gasteiger partial charge in [-0.1, -0.05) is 18.2 Å². The second kappa shape index (κ2) is 4.12. The van der Waals surface area contributed by atoms with Crippen LogP contribution in [0.4, 0.5) is 11.4 Å². The molecule has 90 valence electrons. The number of hydroxylamine groups is 1. The van der Waals surface area contributed by atoms with Crippen LogP contribution in [0.5, 0.6) is 0 Å². The van der Waals surface area contributed by atoms with E-state index in [1.165, 1.54) is 12.1 Å². The Kier molecular flexibility index (Phi) is 2.46. The van der Waals surface area contributed by atoms with Crippen LogP contribution in [-0.4, -0.2) is 4.92 Å². The monoisotopic (exact) mass is 242 g/mol. The molecule has 18 heavy (non-hydrogen) atoms. The fourth-order valence-electron chi connectivity index (χ4n) is 1.81. The molecular weight excluding hydrogens is 232 g/mol. The number of rotatable bonds is 3. The summed E-state index contributed by atoms with van der Waals surface area (Å²) in [6, 6.07) is 16.1. The minimum absolute atomic E-state index is 0.0886. The van der Waals surface area contributed by atoms with Gasteiger partial charge in [-0.3, -0.25) is 10.1 Å². The Morgan fingerprint density at radius 3 is 2.33 bits per heavy atom. The number of hydrogen-bond donors (Lipinski definition) is 0. The first-order valence-electron chi connectivity index (χ1n) is 5.51. The van der Waals surface area contributed by atoms with Crippen molar-refractivity contribution in [3.8, 4) is 0 Å². The normalized spacial score (nSPS) is 17.6. The number of hydrogen-bond acceptors (Lipinski definition) is 4. The minimum Gasteiger partial charge on any atom is -0.258 e. The Morgan fingerprint density at radius 2 is 1.72 bits per heavy atom. The summed E-state index contributed by atoms with van der Waals surface area (Å²) >= 11 is 0. The topological polar surface area (TPSA) is 58.7 Å². The molecule has 1 fully saturated rings. The summed E-state index contributed by atoms with van der Waals surface area (Å²) in [5.74, 6) is 0. The maximum Gasteiger partial charge on any atom is 0.269 e. The molecule has 1 saturated heterocycles. The van der Waals surface area contributed by atoms with E-state index in [9.17, 15) is 10.1 Å². The fourth-order valence-corrected chi connectivity index (χ4v) is 1.81. The standard InChI is InChI=1S/C13H10N2O3/c16-15(17)12-8-6-10(7-9-12)13-14(18-13)11-4-2-1-3-5-11/h1-9,13H/t13-,14?/m1/s1. The van der Waals surface area contributed by atoms with E-state index in [0.29, 0.717) is 0 Å². The second-order valence-electron chi connectivity index (χ2n) is 3.97. The van der Waals surface area contributed by atoms with Crippen molar-refractivity contribution in [3.63, 3.8) is 0 Å². The molecule has 0 N–H and O–H groups in total. The molecule has 5 nitrogen and oxygen atoms in total. The van der Waals surface area contributed by atoms with E-state index in [0.717, 1.165) is 11.3 Å². The second-order valence-corrected chi connectivity index (χ2v) is 3.97. The lowest BCUT2D eigenvalue weighted by Crippen LogP contribution is -1.94. The van der Waals surface area contributed by atoms with Crippen molar-refractivity contribution in [3.05, 3.63) is 70.3 Å². The lowest BCUT2D eigenvalue weighted by atomic mass is 10.2. The fraction of sp³-hybridized carbons (Fsp3) is 0.0769. The summed E-state index contributed by atoms with van der Waals surface area (Å²) in [5, 5.41) is 12.3. The average molecular weight is 242 g/mol. The third-order valence-corrected chi connectivity index (χ3v) is 2.78. The van der Waals surface area contributed by atoms with E-state index in [1.807, 2.05) is 30.3 Å². The molecule has 0 aromatic heterocycles. The first-order valence-corrected chi connectivity index (χ1v) is 5.51. The summed E-state index contributed by atoms with van der Waals surface area (Å²) in [6.45, 7) is 0. The Bertz CT molecular complexity index is 569. The maximum atomic E-state index is 10.5. The van der Waals surface area contributed by atoms with Crippen LogP contribution < -0.4 is 5.06 Å². The molecule has 0 aliphatic carbocycles. The third-order valence-electron chi connectivity index (χ3n) is 2.78. The van der Waals surface area contributed by atoms with Crippen LogP contribution in [0, 0.1) is 10.1 Å². The van der Waals surface area contributed by atoms with Gasteiger partial charge in [0.15, 0.2) is 0 Å². The van der Waals surface area contributed by atoms with Gasteiger partial charge < -0.3 is 0 Å². The minimum atomic E-state index is -0.410. The number of non-ortho nitro benzene ring substituents is 1. The molecule has 1 aliphatic rings. The highest BCUT2D eigenvalue weighted by Gasteiger charge is 2.38. The van der Waals surface area contributed by atoms with E-state index < -0.39 is 4.92 Å². The van der Waals surface area contributed by atoms with Gasteiger partial charge in [-0.2, -0.15) is 0 Å². The highest BCUT2D eigenvalue weighted by Crippen LogP contribution is 2.41. The van der Waals surface area contributed by atoms with Crippen LogP contribution in [0.25, 0.3) is 0 Å². The molecule has 0 bridgehead atoms. The smallest absolute Gasteiger partial charge is 0.258 e. The summed E-state index contributed by atoms with van der Waals surface area (Å²) < 4.78 is 0. The van der Waals surface area contributed by atoms with Gasteiger partial charge in [-0.25, -0.2) is 9.90 Å². The molecule has 1 atom stereocenters. The molecule has 1 heterocycles. The Morgan fingerprint density at radius 1 is 1.06 bits per heavy atom. The number of nitro groups is 1. The molecule has 0 saturated carbocycles. The van der Waals surface area contributed by atoms with Gasteiger partial charge in [0.1, 0.15) is 0 Å². The molecule has 2 aromatic carbocycles. The Balaban J connectivity index is 1.77. The summed E-state index contributed by atoms with van der Waals surface area (Å²) in [5.41, 5.74) is 1.97. The number of para-hydroxylation sites is 1. The molecule has 3 rings (SSSR count). The lowest BCUT2D eigenvalue weighted by Gasteiger charge is -1.99. The largest absolute Gasteiger partial charge is 0.269 e. The first-order chi connectivity index (χ1) is 8.75. The SMILES string of the molecule is O=[N+]([O-])c1ccc([C@H]2ON2c2ccccc2)cc1. The van der Waals surface area contributed by atoms with Gasteiger partial charge in [0.2, 0.25) is 6.23 Å². The van der Waals surface area contributed by atoms with Crippen LogP contribution in [0.2, 0.25) is 0 Å². The zero-order chi connectivity index (χ0) is 12.5. The number of benzene rings is 2. The van der Waals surface area contributed by atoms with Crippen molar-refractivity contribution in [2.24, 2.45) is 0 Å². The van der Waals surface area contributed by atoms with Crippen molar-refractivity contribution >= 4 is 11.4 Å². The van der Waals surface area contributed by atoms with E-state index >= 15 is 0 Å². The molecule has 0 unspecified atom stereocenters. The van der Waals surface area contributed by atoms with Crippen molar-refractivity contribution in [1.82, 2.24) is 0 Å². The molecule has 1 aliphatic heterocycles. The predicted octanol–water partition coefficient (Wildman–Crippen LogP) is 3.05. The number of anilines is 1. The Hall–Kier alpha value is -2.40. The van der Waals surface area contributed by atoms with Gasteiger partial charge in [0, 0.05) is 17.7 Å². The predicted molar refractivity (Wildman–Crippen MR) is 65.8 cm³/mol. The molecule has 0 amide bonds. The third kappa shape index (κ3) is 1.91. The lowest BCUT2D eigenvalue weighted by molar-refractivity contribution is -0.384. The average Bonchev–Trinajstić information content (AvgIpc) is 3.20. The van der Waals surface area contributed by atoms with Crippen molar-refractivity contribution in [2.75, 3.05) is 5.06 Å². The first kappa shape index (κ1) is 10.7. The van der Waals surface area contributed by atoms with Crippen molar-refractivity contribution in [1.29, 1.82) is 0 Å². The molecule has 5 heteroatoms. The van der Waals surface area contributed by atoms with Gasteiger partial charge in [0.05, 0.1) is 10.6 Å². The summed E-state index contributed by atoms with van der Waals surface area (Å²) in [4.78, 5) is 15.6. The zero-order valence-electron chi connectivity index (χ0n) is 9.39. The van der Waals surface area contributed by atoms with Gasteiger partial charge in [0.25, 0.3) is 5.69 Å². The highest BCUT2D eigenvalue weighted by atomic mass is 16.8. The number of nitrogens with zero attached hydrogens (tertiary/aromatic N) is 2. The van der Waals surface area contributed by atoms with Crippen LogP contribution in [0.1, 0.15) is 11.8 Å². The van der Waals surface area contributed by atoms with E-state index in [-0.39, 0.29) is 11.9 Å². The van der Waals surface area contributed by atoms with Crippen molar-refractivity contribution < 1.29 is 9.76 Å². The quantitative estimate of drug-likeness (QED) is 0.471. The molecule has 2 aromatic rings. The van der Waals surface area contributed by atoms with E-state index in [4.69, 9.17) is 4.84 Å². The van der Waals surface area contributed by atoms with E-state index in [2.05, 4.69) is 0 Å². The van der Waals surface area contributed by atoms with E-state index in [1.54, 1.807) is 17.2 Å². The van der Waals surface area contributed by atoms with Gasteiger partial charge >= 0.3 is 0 Å². The molecule has 0 spiro atoms. The van der Waals surface area contributed by atoms with Crippen LogP contribution >= 0.6 is 0 Å². The van der Waals surface area contributed by atoms with Crippen LogP contribution in [0.3, 0.4) is 0 Å². The van der Waals surface area contributed by atoms with Gasteiger partial charge in [-0.05, 0) is 24.3 Å². The van der Waals surface area contributed by atoms with Gasteiger partial charge in [-0.15, -0.1) is 0 Å². The van der Waals surface area contributed by atoms with Crippen LogP contribution in [-0.2, 0) is 4.84 Å². The Labute approximate surface area is 103 Å².